The lowest BCUT2D eigenvalue weighted by atomic mass is 10.1. The largest absolute Gasteiger partial charge is 0.378 e. The molecule has 6 aromatic rings. The Morgan fingerprint density at radius 1 is 0.694 bits per heavy atom. The predicted octanol–water partition coefficient (Wildman–Crippen LogP) is 5.72. The van der Waals surface area contributed by atoms with E-state index < -0.39 is 9.84 Å². The first-order chi connectivity index (χ1) is 23.7. The minimum absolute atomic E-state index is 0.0190. The van der Waals surface area contributed by atoms with Crippen molar-refractivity contribution in [2.24, 2.45) is 0 Å². The molecule has 0 aliphatic carbocycles. The van der Waals surface area contributed by atoms with Crippen LogP contribution in [0.2, 0.25) is 5.15 Å². The number of rotatable bonds is 7. The Bertz CT molecular complexity index is 2120. The highest BCUT2D eigenvalue weighted by Gasteiger charge is 2.23. The number of nitrogens with two attached hydrogens (primary N) is 2. The summed E-state index contributed by atoms with van der Waals surface area (Å²) in [5, 5.41) is 1.23. The maximum absolute atomic E-state index is 13.1. The summed E-state index contributed by atoms with van der Waals surface area (Å²) in [7, 11) is -3.77. The highest BCUT2D eigenvalue weighted by atomic mass is 35.5. The van der Waals surface area contributed by atoms with E-state index in [2.05, 4.69) is 29.9 Å². The van der Waals surface area contributed by atoms with Gasteiger partial charge < -0.3 is 21.1 Å². The number of sulfone groups is 1. The number of halogens is 1. The van der Waals surface area contributed by atoms with Gasteiger partial charge in [0, 0.05) is 53.9 Å². The van der Waals surface area contributed by atoms with Crippen LogP contribution in [0.4, 0.5) is 17.7 Å². The summed E-state index contributed by atoms with van der Waals surface area (Å²) in [5.41, 5.74) is 14.2. The molecule has 4 aromatic heterocycles. The average Bonchev–Trinajstić information content (AvgIpc) is 3.13. The molecule has 4 N–H and O–H groups in total. The molecule has 0 unspecified atom stereocenters. The number of hydrogen-bond acceptors (Lipinski definition) is 13. The van der Waals surface area contributed by atoms with E-state index in [1.54, 1.807) is 79.0 Å². The van der Waals surface area contributed by atoms with E-state index in [4.69, 9.17) is 27.8 Å². The number of hydrogen-bond donors (Lipinski definition) is 2. The second kappa shape index (κ2) is 15.4. The molecular formula is C34H30ClN9O3S2. The summed E-state index contributed by atoms with van der Waals surface area (Å²) in [5.74, 6) is 0.980. The predicted molar refractivity (Wildman–Crippen MR) is 190 cm³/mol. The minimum Gasteiger partial charge on any atom is -0.378 e. The van der Waals surface area contributed by atoms with Crippen molar-refractivity contribution in [3.63, 3.8) is 0 Å². The fourth-order valence-electron chi connectivity index (χ4n) is 4.75. The van der Waals surface area contributed by atoms with E-state index in [-0.39, 0.29) is 21.8 Å². The van der Waals surface area contributed by atoms with Gasteiger partial charge in [0.25, 0.3) is 0 Å². The van der Waals surface area contributed by atoms with Crippen molar-refractivity contribution in [1.29, 1.82) is 0 Å². The number of morpholine rings is 1. The summed E-state index contributed by atoms with van der Waals surface area (Å²) in [6.07, 6.45) is 6.48. The normalized spacial score (nSPS) is 13.0. The lowest BCUT2D eigenvalue weighted by Crippen LogP contribution is -2.37. The van der Waals surface area contributed by atoms with Gasteiger partial charge >= 0.3 is 0 Å². The molecule has 1 aliphatic rings. The van der Waals surface area contributed by atoms with Gasteiger partial charge in [0.15, 0.2) is 5.03 Å². The molecule has 0 radical (unpaired) electrons. The molecule has 49 heavy (non-hydrogen) atoms. The van der Waals surface area contributed by atoms with Crippen molar-refractivity contribution in [3.05, 3.63) is 115 Å². The van der Waals surface area contributed by atoms with Crippen molar-refractivity contribution >= 4 is 50.9 Å². The molecule has 1 aliphatic heterocycles. The highest BCUT2D eigenvalue weighted by Crippen LogP contribution is 2.32. The van der Waals surface area contributed by atoms with Crippen LogP contribution >= 0.6 is 23.4 Å². The molecule has 0 bridgehead atoms. The third kappa shape index (κ3) is 8.66. The Labute approximate surface area is 292 Å². The van der Waals surface area contributed by atoms with E-state index in [1.165, 1.54) is 0 Å². The molecule has 7 rings (SSSR count). The number of aromatic nitrogens is 6. The van der Waals surface area contributed by atoms with Crippen LogP contribution in [-0.2, 0) is 14.6 Å². The van der Waals surface area contributed by atoms with Gasteiger partial charge in [0.2, 0.25) is 21.7 Å². The second-order valence-corrected chi connectivity index (χ2v) is 13.9. The number of nitrogen functional groups attached to an aromatic ring is 2. The van der Waals surface area contributed by atoms with Gasteiger partial charge in [-0.25, -0.2) is 38.3 Å². The number of nitrogens with zero attached hydrogens (tertiary/aromatic N) is 7. The highest BCUT2D eigenvalue weighted by molar-refractivity contribution is 7.99. The number of ether oxygens (including phenoxy) is 1. The first-order valence-corrected chi connectivity index (χ1v) is 17.6. The fraction of sp³-hybridized carbons (Fsp3) is 0.118. The minimum atomic E-state index is -3.77. The van der Waals surface area contributed by atoms with Crippen LogP contribution in [-0.4, -0.2) is 64.6 Å². The van der Waals surface area contributed by atoms with Gasteiger partial charge in [-0.05, 0) is 59.7 Å². The first-order valence-electron chi connectivity index (χ1n) is 15.0. The molecule has 1 fully saturated rings. The van der Waals surface area contributed by atoms with Gasteiger partial charge in [-0.1, -0.05) is 59.8 Å². The number of benzene rings is 2. The Morgan fingerprint density at radius 3 is 1.84 bits per heavy atom. The van der Waals surface area contributed by atoms with Crippen molar-refractivity contribution in [1.82, 2.24) is 29.9 Å². The van der Waals surface area contributed by atoms with Crippen LogP contribution in [0, 0.1) is 0 Å². The SMILES string of the molecule is Nc1ncc(-c2cc(Cl)nc(Sc3ccccc3)c2)cn1.Nc1ncc(-c2cc(N3CCOCC3)nc(S(=O)(=O)c3ccccc3)c2)cn1. The summed E-state index contributed by atoms with van der Waals surface area (Å²) in [4.78, 5) is 28.1. The maximum Gasteiger partial charge on any atom is 0.223 e. The smallest absolute Gasteiger partial charge is 0.223 e. The zero-order chi connectivity index (χ0) is 34.2. The van der Waals surface area contributed by atoms with Gasteiger partial charge in [0.1, 0.15) is 16.0 Å². The van der Waals surface area contributed by atoms with Gasteiger partial charge in [0.05, 0.1) is 18.1 Å². The van der Waals surface area contributed by atoms with Crippen LogP contribution in [0.1, 0.15) is 0 Å². The van der Waals surface area contributed by atoms with Gasteiger partial charge in [-0.3, -0.25) is 0 Å². The molecule has 248 valence electrons. The van der Waals surface area contributed by atoms with Gasteiger partial charge in [-0.2, -0.15) is 0 Å². The molecule has 12 nitrogen and oxygen atoms in total. The molecule has 0 amide bonds. The Morgan fingerprint density at radius 2 is 1.24 bits per heavy atom. The topological polar surface area (TPSA) is 176 Å². The molecule has 5 heterocycles. The van der Waals surface area contributed by atoms with Crippen LogP contribution in [0.25, 0.3) is 22.3 Å². The third-order valence-electron chi connectivity index (χ3n) is 7.20. The van der Waals surface area contributed by atoms with E-state index in [0.29, 0.717) is 48.4 Å². The standard InChI is InChI=1S/C19H19N5O3S.C15H11ClN4S/c20-19-21-12-15(13-22-19)14-10-17(24-6-8-27-9-7-24)23-18(11-14)28(25,26)16-4-2-1-3-5-16;16-13-6-10(11-8-18-15(17)19-9-11)7-14(20-13)21-12-4-2-1-3-5-12/h1-5,10-13H,6-9H2,(H2,20,21,22);1-9H,(H2,17,18,19). The van der Waals surface area contributed by atoms with E-state index in [9.17, 15) is 8.42 Å². The summed E-state index contributed by atoms with van der Waals surface area (Å²) in [6, 6.07) is 25.4. The molecule has 0 saturated carbocycles. The van der Waals surface area contributed by atoms with Crippen LogP contribution in [0.3, 0.4) is 0 Å². The molecule has 0 spiro atoms. The quantitative estimate of drug-likeness (QED) is 0.193. The molecule has 0 atom stereocenters. The summed E-state index contributed by atoms with van der Waals surface area (Å²) < 4.78 is 31.7. The van der Waals surface area contributed by atoms with E-state index in [0.717, 1.165) is 21.0 Å². The van der Waals surface area contributed by atoms with Crippen LogP contribution in [0.5, 0.6) is 0 Å². The molecule has 2 aromatic carbocycles. The first kappa shape index (κ1) is 33.7. The van der Waals surface area contributed by atoms with E-state index in [1.807, 2.05) is 47.4 Å². The van der Waals surface area contributed by atoms with Gasteiger partial charge in [-0.15, -0.1) is 0 Å². The molecule has 15 heteroatoms. The zero-order valence-corrected chi connectivity index (χ0v) is 28.3. The fourth-order valence-corrected chi connectivity index (χ4v) is 7.12. The number of anilines is 3. The lowest BCUT2D eigenvalue weighted by Gasteiger charge is -2.28. The maximum atomic E-state index is 13.1. The van der Waals surface area contributed by atoms with Crippen molar-refractivity contribution in [3.8, 4) is 22.3 Å². The molecular weight excluding hydrogens is 682 g/mol. The second-order valence-electron chi connectivity index (χ2n) is 10.6. The van der Waals surface area contributed by atoms with Crippen molar-refractivity contribution in [2.75, 3.05) is 42.7 Å². The monoisotopic (exact) mass is 711 g/mol. The average molecular weight is 712 g/mol. The number of pyridine rings is 2. The molecule has 1 saturated heterocycles. The Balaban J connectivity index is 0.000000177. The zero-order valence-electron chi connectivity index (χ0n) is 25.9. The van der Waals surface area contributed by atoms with Crippen LogP contribution < -0.4 is 16.4 Å². The summed E-state index contributed by atoms with van der Waals surface area (Å²) >= 11 is 7.66. The lowest BCUT2D eigenvalue weighted by molar-refractivity contribution is 0.122. The van der Waals surface area contributed by atoms with E-state index >= 15 is 0 Å². The van der Waals surface area contributed by atoms with Crippen molar-refractivity contribution in [2.45, 2.75) is 19.8 Å². The Hall–Kier alpha value is -5.15. The third-order valence-corrected chi connectivity index (χ3v) is 9.97. The van der Waals surface area contributed by atoms with Crippen LogP contribution in [0.15, 0.2) is 130 Å². The van der Waals surface area contributed by atoms with Crippen molar-refractivity contribution < 1.29 is 13.2 Å². The Kier molecular flexibility index (Phi) is 10.6. The summed E-state index contributed by atoms with van der Waals surface area (Å²) in [6.45, 7) is 2.41.